The van der Waals surface area contributed by atoms with E-state index < -0.39 is 5.97 Å². The Bertz CT molecular complexity index is 832. The minimum atomic E-state index is -0.989. The maximum Gasteiger partial charge on any atom is 0.337 e. The van der Waals surface area contributed by atoms with E-state index in [1.165, 1.54) is 0 Å². The molecule has 0 spiro atoms. The predicted molar refractivity (Wildman–Crippen MR) is 76.5 cm³/mol. The van der Waals surface area contributed by atoms with Gasteiger partial charge in [-0.2, -0.15) is 0 Å². The lowest BCUT2D eigenvalue weighted by Crippen LogP contribution is -2.11. The molecule has 0 fully saturated rings. The van der Waals surface area contributed by atoms with Crippen LogP contribution >= 0.6 is 0 Å². The molecule has 0 saturated carbocycles. The Kier molecular flexibility index (Phi) is 3.01. The summed E-state index contributed by atoms with van der Waals surface area (Å²) in [7, 11) is 0. The first kappa shape index (κ1) is 13.4. The van der Waals surface area contributed by atoms with Crippen LogP contribution in [0.1, 0.15) is 40.4 Å². The average Bonchev–Trinajstić information content (AvgIpc) is 3.00. The summed E-state index contributed by atoms with van der Waals surface area (Å²) in [5.41, 5.74) is 2.26. The molecule has 0 aliphatic carbocycles. The molecule has 1 N–H and O–H groups in total. The third-order valence-corrected chi connectivity index (χ3v) is 3.62. The fourth-order valence-corrected chi connectivity index (χ4v) is 2.63. The summed E-state index contributed by atoms with van der Waals surface area (Å²) in [5, 5.41) is 17.5. The molecule has 6 nitrogen and oxygen atoms in total. The van der Waals surface area contributed by atoms with E-state index in [0.29, 0.717) is 11.0 Å². The van der Waals surface area contributed by atoms with Crippen molar-refractivity contribution in [2.45, 2.75) is 26.8 Å². The molecule has 0 bridgehead atoms. The summed E-state index contributed by atoms with van der Waals surface area (Å²) in [4.78, 5) is 11.4. The maximum atomic E-state index is 11.4. The van der Waals surface area contributed by atoms with Crippen molar-refractivity contribution in [2.75, 3.05) is 0 Å². The molecule has 0 saturated heterocycles. The van der Waals surface area contributed by atoms with Gasteiger partial charge >= 0.3 is 5.97 Å². The van der Waals surface area contributed by atoms with Gasteiger partial charge < -0.3 is 9.52 Å². The van der Waals surface area contributed by atoms with Gasteiger partial charge in [0.05, 0.1) is 11.6 Å². The number of nitrogens with zero attached hydrogens (tertiary/aromatic N) is 3. The molecule has 0 aliphatic rings. The number of aromatic nitrogens is 3. The SMILES string of the molecule is Cc1cc(C(C)n2nnc3cccc(C(=O)O)c32)c(C)o1. The summed E-state index contributed by atoms with van der Waals surface area (Å²) >= 11 is 0. The van der Waals surface area contributed by atoms with E-state index in [9.17, 15) is 9.90 Å². The normalized spacial score (nSPS) is 12.7. The number of carbonyl (C=O) groups is 1. The quantitative estimate of drug-likeness (QED) is 0.800. The zero-order valence-electron chi connectivity index (χ0n) is 12.0. The highest BCUT2D eigenvalue weighted by Gasteiger charge is 2.21. The van der Waals surface area contributed by atoms with Crippen LogP contribution in [0.5, 0.6) is 0 Å². The topological polar surface area (TPSA) is 81.2 Å². The number of rotatable bonds is 3. The van der Waals surface area contributed by atoms with Crippen LogP contribution < -0.4 is 0 Å². The molecule has 21 heavy (non-hydrogen) atoms. The highest BCUT2D eigenvalue weighted by Crippen LogP contribution is 2.28. The Hall–Kier alpha value is -2.63. The lowest BCUT2D eigenvalue weighted by Gasteiger charge is -2.12. The minimum absolute atomic E-state index is 0.159. The molecule has 1 unspecified atom stereocenters. The van der Waals surface area contributed by atoms with E-state index in [2.05, 4.69) is 10.3 Å². The Morgan fingerprint density at radius 3 is 2.76 bits per heavy atom. The summed E-state index contributed by atoms with van der Waals surface area (Å²) in [6.45, 7) is 5.71. The van der Waals surface area contributed by atoms with Crippen molar-refractivity contribution in [3.63, 3.8) is 0 Å². The number of hydrogen-bond acceptors (Lipinski definition) is 4. The van der Waals surface area contributed by atoms with Crippen LogP contribution in [0.2, 0.25) is 0 Å². The number of carboxylic acid groups (broad SMARTS) is 1. The molecule has 2 aromatic heterocycles. The molecular formula is C15H15N3O3. The van der Waals surface area contributed by atoms with Crippen LogP contribution in [0, 0.1) is 13.8 Å². The van der Waals surface area contributed by atoms with Crippen molar-refractivity contribution in [3.05, 3.63) is 46.9 Å². The fraction of sp³-hybridized carbons (Fsp3) is 0.267. The molecule has 6 heteroatoms. The van der Waals surface area contributed by atoms with E-state index >= 15 is 0 Å². The summed E-state index contributed by atoms with van der Waals surface area (Å²) in [5.74, 6) is 0.630. The fourth-order valence-electron chi connectivity index (χ4n) is 2.63. The van der Waals surface area contributed by atoms with Crippen molar-refractivity contribution in [1.82, 2.24) is 15.0 Å². The second kappa shape index (κ2) is 4.73. The lowest BCUT2D eigenvalue weighted by molar-refractivity contribution is 0.0698. The molecular weight excluding hydrogens is 270 g/mol. The van der Waals surface area contributed by atoms with Gasteiger partial charge in [0.1, 0.15) is 22.6 Å². The first-order valence-electron chi connectivity index (χ1n) is 6.63. The molecule has 3 aromatic rings. The van der Waals surface area contributed by atoms with E-state index in [0.717, 1.165) is 17.1 Å². The largest absolute Gasteiger partial charge is 0.478 e. The highest BCUT2D eigenvalue weighted by atomic mass is 16.4. The van der Waals surface area contributed by atoms with Crippen LogP contribution in [-0.4, -0.2) is 26.1 Å². The summed E-state index contributed by atoms with van der Waals surface area (Å²) in [6.07, 6.45) is 0. The van der Waals surface area contributed by atoms with Gasteiger partial charge in [0.25, 0.3) is 0 Å². The number of benzene rings is 1. The third kappa shape index (κ3) is 2.08. The molecule has 108 valence electrons. The zero-order chi connectivity index (χ0) is 15.1. The molecule has 1 aromatic carbocycles. The van der Waals surface area contributed by atoms with Crippen LogP contribution in [0.4, 0.5) is 0 Å². The van der Waals surface area contributed by atoms with E-state index in [4.69, 9.17) is 4.42 Å². The Labute approximate surface area is 121 Å². The predicted octanol–water partition coefficient (Wildman–Crippen LogP) is 2.95. The van der Waals surface area contributed by atoms with E-state index in [1.54, 1.807) is 22.9 Å². The van der Waals surface area contributed by atoms with Crippen molar-refractivity contribution < 1.29 is 14.3 Å². The standard InChI is InChI=1S/C15H15N3O3/c1-8-7-12(10(3)21-8)9(2)18-14-11(15(19)20)5-4-6-13(14)16-17-18/h4-7,9H,1-3H3,(H,19,20). The van der Waals surface area contributed by atoms with Crippen molar-refractivity contribution in [1.29, 1.82) is 0 Å². The molecule has 2 heterocycles. The second-order valence-corrected chi connectivity index (χ2v) is 5.06. The minimum Gasteiger partial charge on any atom is -0.478 e. The zero-order valence-corrected chi connectivity index (χ0v) is 12.0. The number of aryl methyl sites for hydroxylation is 2. The van der Waals surface area contributed by atoms with Gasteiger partial charge in [0.2, 0.25) is 0 Å². The first-order chi connectivity index (χ1) is 9.99. The molecule has 0 radical (unpaired) electrons. The number of furan rings is 1. The van der Waals surface area contributed by atoms with Gasteiger partial charge in [-0.15, -0.1) is 5.10 Å². The first-order valence-corrected chi connectivity index (χ1v) is 6.63. The summed E-state index contributed by atoms with van der Waals surface area (Å²) < 4.78 is 7.18. The number of fused-ring (bicyclic) bond motifs is 1. The Morgan fingerprint density at radius 2 is 2.14 bits per heavy atom. The van der Waals surface area contributed by atoms with Crippen LogP contribution in [-0.2, 0) is 0 Å². The molecule has 3 rings (SSSR count). The van der Waals surface area contributed by atoms with E-state index in [-0.39, 0.29) is 11.6 Å². The number of hydrogen-bond donors (Lipinski definition) is 1. The van der Waals surface area contributed by atoms with Gasteiger partial charge in [-0.1, -0.05) is 11.3 Å². The van der Waals surface area contributed by atoms with E-state index in [1.807, 2.05) is 26.8 Å². The van der Waals surface area contributed by atoms with Gasteiger partial charge in [0, 0.05) is 5.56 Å². The second-order valence-electron chi connectivity index (χ2n) is 5.06. The van der Waals surface area contributed by atoms with Crippen molar-refractivity contribution in [2.24, 2.45) is 0 Å². The monoisotopic (exact) mass is 285 g/mol. The number of carboxylic acids is 1. The third-order valence-electron chi connectivity index (χ3n) is 3.62. The smallest absolute Gasteiger partial charge is 0.337 e. The van der Waals surface area contributed by atoms with Crippen LogP contribution in [0.25, 0.3) is 11.0 Å². The molecule has 0 aliphatic heterocycles. The number of para-hydroxylation sites is 1. The molecule has 1 atom stereocenters. The van der Waals surface area contributed by atoms with Crippen molar-refractivity contribution in [3.8, 4) is 0 Å². The Balaban J connectivity index is 2.21. The maximum absolute atomic E-state index is 11.4. The Morgan fingerprint density at radius 1 is 1.38 bits per heavy atom. The van der Waals surface area contributed by atoms with Gasteiger partial charge in [0.15, 0.2) is 0 Å². The van der Waals surface area contributed by atoms with Crippen LogP contribution in [0.15, 0.2) is 28.7 Å². The summed E-state index contributed by atoms with van der Waals surface area (Å²) in [6, 6.07) is 6.77. The lowest BCUT2D eigenvalue weighted by atomic mass is 10.1. The van der Waals surface area contributed by atoms with Crippen LogP contribution in [0.3, 0.4) is 0 Å². The number of aromatic carboxylic acids is 1. The molecule has 0 amide bonds. The van der Waals surface area contributed by atoms with Crippen molar-refractivity contribution >= 4 is 17.0 Å². The van der Waals surface area contributed by atoms with Gasteiger partial charge in [-0.25, -0.2) is 9.48 Å². The van der Waals surface area contributed by atoms with Gasteiger partial charge in [-0.3, -0.25) is 0 Å². The average molecular weight is 285 g/mol. The highest BCUT2D eigenvalue weighted by molar-refractivity contribution is 6.00. The van der Waals surface area contributed by atoms with Gasteiger partial charge in [-0.05, 0) is 39.0 Å².